The predicted octanol–water partition coefficient (Wildman–Crippen LogP) is 4.03. The average Bonchev–Trinajstić information content (AvgIpc) is 3.13. The van der Waals surface area contributed by atoms with Crippen molar-refractivity contribution >= 4 is 29.9 Å². The molecule has 1 saturated heterocycles. The molecule has 9 nitrogen and oxygen atoms in total. The standard InChI is InChI=1S/C31H39N3O6/c1-30(2,3)40-29(39)33-16-14-22(15-17-33)34-26-13-9-8-12-25(26)31(4,28(34)38)18-23(36)19-32(5)27(37)24-11-7-6-10-21(24)20-35/h6-13,20,22-23,36H,14-19H2,1-5H3. The number of likely N-dealkylation sites (N-methyl/N-ethyl adjacent to an activating group) is 1. The zero-order valence-corrected chi connectivity index (χ0v) is 23.9. The lowest BCUT2D eigenvalue weighted by Gasteiger charge is -2.38. The minimum Gasteiger partial charge on any atom is -0.444 e. The van der Waals surface area contributed by atoms with E-state index in [1.54, 1.807) is 36.2 Å². The summed E-state index contributed by atoms with van der Waals surface area (Å²) in [6.07, 6.45) is 0.675. The number of anilines is 1. The van der Waals surface area contributed by atoms with Crippen LogP contribution in [0.25, 0.3) is 0 Å². The quantitative estimate of drug-likeness (QED) is 0.523. The number of amides is 3. The van der Waals surface area contributed by atoms with Gasteiger partial charge in [-0.05, 0) is 64.7 Å². The first-order chi connectivity index (χ1) is 18.9. The van der Waals surface area contributed by atoms with Crippen molar-refractivity contribution in [3.05, 3.63) is 65.2 Å². The first-order valence-corrected chi connectivity index (χ1v) is 13.7. The van der Waals surface area contributed by atoms with Gasteiger partial charge in [-0.1, -0.05) is 36.4 Å². The molecule has 2 aromatic rings. The van der Waals surface area contributed by atoms with Crippen LogP contribution >= 0.6 is 0 Å². The summed E-state index contributed by atoms with van der Waals surface area (Å²) >= 11 is 0. The van der Waals surface area contributed by atoms with Crippen molar-refractivity contribution in [3.63, 3.8) is 0 Å². The van der Waals surface area contributed by atoms with Crippen LogP contribution in [0.2, 0.25) is 0 Å². The smallest absolute Gasteiger partial charge is 0.410 e. The summed E-state index contributed by atoms with van der Waals surface area (Å²) in [5, 5.41) is 11.1. The Kier molecular flexibility index (Phi) is 8.35. The van der Waals surface area contributed by atoms with Gasteiger partial charge in [0.1, 0.15) is 5.60 Å². The second-order valence-electron chi connectivity index (χ2n) is 12.0. The van der Waals surface area contributed by atoms with Gasteiger partial charge in [0.25, 0.3) is 5.91 Å². The number of rotatable bonds is 7. The number of fused-ring (bicyclic) bond motifs is 1. The van der Waals surface area contributed by atoms with Crippen molar-refractivity contribution in [3.8, 4) is 0 Å². The maximum Gasteiger partial charge on any atom is 0.410 e. The summed E-state index contributed by atoms with van der Waals surface area (Å²) in [7, 11) is 1.57. The minimum atomic E-state index is -0.983. The van der Waals surface area contributed by atoms with E-state index >= 15 is 0 Å². The van der Waals surface area contributed by atoms with Gasteiger partial charge in [0, 0.05) is 44.0 Å². The van der Waals surface area contributed by atoms with Crippen LogP contribution in [-0.4, -0.2) is 83.5 Å². The third kappa shape index (κ3) is 5.89. The molecule has 0 radical (unpaired) electrons. The van der Waals surface area contributed by atoms with Crippen LogP contribution in [0, 0.1) is 0 Å². The Morgan fingerprint density at radius 2 is 1.75 bits per heavy atom. The molecule has 40 heavy (non-hydrogen) atoms. The Hall–Kier alpha value is -3.72. The molecule has 0 aliphatic carbocycles. The third-order valence-electron chi connectivity index (χ3n) is 7.72. The van der Waals surface area contributed by atoms with Gasteiger partial charge in [-0.15, -0.1) is 0 Å². The molecule has 1 fully saturated rings. The van der Waals surface area contributed by atoms with Crippen molar-refractivity contribution in [2.45, 2.75) is 70.1 Å². The first kappa shape index (κ1) is 29.3. The Morgan fingerprint density at radius 1 is 1.12 bits per heavy atom. The molecule has 0 aromatic heterocycles. The van der Waals surface area contributed by atoms with Crippen LogP contribution in [-0.2, 0) is 14.9 Å². The van der Waals surface area contributed by atoms with Crippen LogP contribution < -0.4 is 4.90 Å². The van der Waals surface area contributed by atoms with E-state index in [1.165, 1.54) is 4.90 Å². The van der Waals surface area contributed by atoms with E-state index < -0.39 is 17.1 Å². The fraction of sp³-hybridized carbons (Fsp3) is 0.484. The second-order valence-corrected chi connectivity index (χ2v) is 12.0. The number of hydrogen-bond donors (Lipinski definition) is 1. The van der Waals surface area contributed by atoms with E-state index in [-0.39, 0.29) is 48.0 Å². The topological polar surface area (TPSA) is 107 Å². The van der Waals surface area contributed by atoms with Gasteiger partial charge in [0.05, 0.1) is 17.1 Å². The van der Waals surface area contributed by atoms with Crippen LogP contribution in [0.15, 0.2) is 48.5 Å². The normalized spacial score (nSPS) is 20.2. The molecule has 2 aliphatic heterocycles. The van der Waals surface area contributed by atoms with Gasteiger partial charge >= 0.3 is 6.09 Å². The van der Waals surface area contributed by atoms with Crippen LogP contribution in [0.3, 0.4) is 0 Å². The highest BCUT2D eigenvalue weighted by atomic mass is 16.6. The number of aliphatic hydroxyl groups excluding tert-OH is 1. The lowest BCUT2D eigenvalue weighted by atomic mass is 9.78. The number of carbonyl (C=O) groups excluding carboxylic acids is 4. The molecule has 3 amide bonds. The van der Waals surface area contributed by atoms with Crippen molar-refractivity contribution in [1.29, 1.82) is 0 Å². The molecule has 0 saturated carbocycles. The van der Waals surface area contributed by atoms with E-state index in [0.29, 0.717) is 32.2 Å². The molecule has 214 valence electrons. The lowest BCUT2D eigenvalue weighted by Crippen LogP contribution is -2.51. The summed E-state index contributed by atoms with van der Waals surface area (Å²) in [5.41, 5.74) is 0.662. The van der Waals surface area contributed by atoms with Gasteiger partial charge in [0.15, 0.2) is 6.29 Å². The first-order valence-electron chi connectivity index (χ1n) is 13.7. The second kappa shape index (κ2) is 11.4. The number of aldehydes is 1. The third-order valence-corrected chi connectivity index (χ3v) is 7.72. The van der Waals surface area contributed by atoms with Crippen LogP contribution in [0.1, 0.15) is 73.2 Å². The number of benzene rings is 2. The molecule has 2 heterocycles. The van der Waals surface area contributed by atoms with E-state index in [4.69, 9.17) is 4.74 Å². The molecule has 0 bridgehead atoms. The Bertz CT molecular complexity index is 1280. The number of aliphatic hydroxyl groups is 1. The average molecular weight is 550 g/mol. The Balaban J connectivity index is 1.46. The van der Waals surface area contributed by atoms with Crippen molar-refractivity contribution in [2.24, 2.45) is 0 Å². The highest BCUT2D eigenvalue weighted by molar-refractivity contribution is 6.08. The van der Waals surface area contributed by atoms with Crippen LogP contribution in [0.4, 0.5) is 10.5 Å². The Morgan fingerprint density at radius 3 is 2.40 bits per heavy atom. The molecule has 2 aliphatic rings. The monoisotopic (exact) mass is 549 g/mol. The van der Waals surface area contributed by atoms with Gasteiger partial charge in [-0.25, -0.2) is 4.79 Å². The number of nitrogens with zero attached hydrogens (tertiary/aromatic N) is 3. The van der Waals surface area contributed by atoms with Gasteiger partial charge in [-0.2, -0.15) is 0 Å². The fourth-order valence-electron chi connectivity index (χ4n) is 5.77. The summed E-state index contributed by atoms with van der Waals surface area (Å²) in [4.78, 5) is 55.9. The highest BCUT2D eigenvalue weighted by Gasteiger charge is 2.50. The molecule has 2 unspecified atom stereocenters. The summed E-state index contributed by atoms with van der Waals surface area (Å²) in [6.45, 7) is 8.33. The van der Waals surface area contributed by atoms with Crippen LogP contribution in [0.5, 0.6) is 0 Å². The number of carbonyl (C=O) groups is 4. The fourth-order valence-corrected chi connectivity index (χ4v) is 5.77. The molecule has 1 N–H and O–H groups in total. The van der Waals surface area contributed by atoms with Crippen molar-refractivity contribution in [2.75, 3.05) is 31.6 Å². The molecule has 4 rings (SSSR count). The van der Waals surface area contributed by atoms with Crippen molar-refractivity contribution < 1.29 is 29.0 Å². The number of likely N-dealkylation sites (tertiary alicyclic amines) is 1. The summed E-state index contributed by atoms with van der Waals surface area (Å²) in [5.74, 6) is -0.466. The lowest BCUT2D eigenvalue weighted by molar-refractivity contribution is -0.124. The van der Waals surface area contributed by atoms with Crippen molar-refractivity contribution in [1.82, 2.24) is 9.80 Å². The Labute approximate surface area is 235 Å². The molecule has 2 aromatic carbocycles. The summed E-state index contributed by atoms with van der Waals surface area (Å²) < 4.78 is 5.52. The highest BCUT2D eigenvalue weighted by Crippen LogP contribution is 2.46. The maximum atomic E-state index is 14.0. The molecule has 9 heteroatoms. The van der Waals surface area contributed by atoms with E-state index in [2.05, 4.69) is 0 Å². The largest absolute Gasteiger partial charge is 0.444 e. The number of piperidine rings is 1. The zero-order chi connectivity index (χ0) is 29.2. The van der Waals surface area contributed by atoms with Gasteiger partial charge < -0.3 is 24.5 Å². The van der Waals surface area contributed by atoms with Gasteiger partial charge in [0.2, 0.25) is 5.91 Å². The van der Waals surface area contributed by atoms with Gasteiger partial charge in [-0.3, -0.25) is 14.4 Å². The van der Waals surface area contributed by atoms with E-state index in [1.807, 2.05) is 56.9 Å². The molecule has 0 spiro atoms. The minimum absolute atomic E-state index is 0.00530. The van der Waals surface area contributed by atoms with E-state index in [0.717, 1.165) is 11.3 Å². The summed E-state index contributed by atoms with van der Waals surface area (Å²) in [6, 6.07) is 14.1. The van der Waals surface area contributed by atoms with E-state index in [9.17, 15) is 24.3 Å². The number of ether oxygens (including phenoxy) is 1. The number of para-hydroxylation sites is 1. The number of hydrogen-bond acceptors (Lipinski definition) is 6. The zero-order valence-electron chi connectivity index (χ0n) is 23.9. The maximum absolute atomic E-state index is 14.0. The molecule has 2 atom stereocenters. The molecular weight excluding hydrogens is 510 g/mol. The molecular formula is C31H39N3O6. The SMILES string of the molecule is CN(CC(O)CC1(C)C(=O)N(C2CCN(C(=O)OC(C)(C)C)CC2)c2ccccc21)C(=O)c1ccccc1C=O. The predicted molar refractivity (Wildman–Crippen MR) is 152 cm³/mol.